The van der Waals surface area contributed by atoms with E-state index < -0.39 is 0 Å². The Morgan fingerprint density at radius 3 is 2.26 bits per heavy atom. The molecular weight excluding hydrogens is 290 g/mol. The molecule has 118 valence electrons. The summed E-state index contributed by atoms with van der Waals surface area (Å²) in [4.78, 5) is 23.6. The normalized spacial score (nSPS) is 10.7. The molecule has 2 aromatic carbocycles. The van der Waals surface area contributed by atoms with E-state index in [1.807, 2.05) is 30.3 Å². The average molecular weight is 309 g/mol. The summed E-state index contributed by atoms with van der Waals surface area (Å²) in [6.07, 6.45) is 3.05. The van der Waals surface area contributed by atoms with Crippen LogP contribution in [0, 0.1) is 0 Å². The first-order chi connectivity index (χ1) is 11.0. The highest BCUT2D eigenvalue weighted by atomic mass is 16.5. The SMILES string of the molecule is CC(C)OC(=O)c1ccc(NC(=O)C=Cc2ccccc2)cc1. The lowest BCUT2D eigenvalue weighted by Crippen LogP contribution is -2.12. The van der Waals surface area contributed by atoms with Crippen molar-refractivity contribution in [2.24, 2.45) is 0 Å². The first-order valence-corrected chi connectivity index (χ1v) is 7.40. The highest BCUT2D eigenvalue weighted by Gasteiger charge is 2.08. The number of rotatable bonds is 5. The number of benzene rings is 2. The number of esters is 1. The molecule has 0 saturated carbocycles. The van der Waals surface area contributed by atoms with Crippen LogP contribution in [0.3, 0.4) is 0 Å². The van der Waals surface area contributed by atoms with Crippen LogP contribution in [0.1, 0.15) is 29.8 Å². The second-order valence-electron chi connectivity index (χ2n) is 5.26. The van der Waals surface area contributed by atoms with Gasteiger partial charge < -0.3 is 10.1 Å². The number of ether oxygens (including phenoxy) is 1. The van der Waals surface area contributed by atoms with Gasteiger partial charge in [0.1, 0.15) is 0 Å². The van der Waals surface area contributed by atoms with E-state index in [1.54, 1.807) is 44.2 Å². The number of carbonyl (C=O) groups is 2. The van der Waals surface area contributed by atoms with Crippen LogP contribution in [0.25, 0.3) is 6.08 Å². The van der Waals surface area contributed by atoms with Gasteiger partial charge in [-0.15, -0.1) is 0 Å². The summed E-state index contributed by atoms with van der Waals surface area (Å²) in [5, 5.41) is 2.74. The van der Waals surface area contributed by atoms with Crippen LogP contribution >= 0.6 is 0 Å². The van der Waals surface area contributed by atoms with Gasteiger partial charge in [0.25, 0.3) is 0 Å². The molecule has 0 bridgehead atoms. The van der Waals surface area contributed by atoms with Crippen molar-refractivity contribution in [3.8, 4) is 0 Å². The van der Waals surface area contributed by atoms with Crippen molar-refractivity contribution in [1.82, 2.24) is 0 Å². The molecule has 2 rings (SSSR count). The fourth-order valence-electron chi connectivity index (χ4n) is 1.89. The summed E-state index contributed by atoms with van der Waals surface area (Å²) in [7, 11) is 0. The summed E-state index contributed by atoms with van der Waals surface area (Å²) >= 11 is 0. The molecule has 0 aromatic heterocycles. The topological polar surface area (TPSA) is 55.4 Å². The predicted octanol–water partition coefficient (Wildman–Crippen LogP) is 3.90. The monoisotopic (exact) mass is 309 g/mol. The van der Waals surface area contributed by atoms with Crippen LogP contribution in [0.2, 0.25) is 0 Å². The molecule has 0 fully saturated rings. The largest absolute Gasteiger partial charge is 0.459 e. The number of carbonyl (C=O) groups excluding carboxylic acids is 2. The van der Waals surface area contributed by atoms with Crippen LogP contribution < -0.4 is 5.32 Å². The van der Waals surface area contributed by atoms with Crippen LogP contribution in [0.5, 0.6) is 0 Å². The quantitative estimate of drug-likeness (QED) is 0.673. The first-order valence-electron chi connectivity index (χ1n) is 7.40. The Morgan fingerprint density at radius 2 is 1.65 bits per heavy atom. The Balaban J connectivity index is 1.94. The Labute approximate surface area is 135 Å². The highest BCUT2D eigenvalue weighted by molar-refractivity contribution is 6.02. The van der Waals surface area contributed by atoms with Crippen molar-refractivity contribution in [2.75, 3.05) is 5.32 Å². The minimum Gasteiger partial charge on any atom is -0.459 e. The van der Waals surface area contributed by atoms with E-state index in [0.717, 1.165) is 5.56 Å². The van der Waals surface area contributed by atoms with Crippen molar-refractivity contribution in [3.05, 3.63) is 71.8 Å². The maximum atomic E-state index is 11.9. The molecule has 0 aliphatic heterocycles. The molecule has 0 aliphatic carbocycles. The molecule has 0 aliphatic rings. The smallest absolute Gasteiger partial charge is 0.338 e. The van der Waals surface area contributed by atoms with Gasteiger partial charge in [0, 0.05) is 11.8 Å². The van der Waals surface area contributed by atoms with Gasteiger partial charge in [-0.05, 0) is 49.8 Å². The molecule has 2 aromatic rings. The van der Waals surface area contributed by atoms with Crippen LogP contribution in [-0.2, 0) is 9.53 Å². The molecule has 1 N–H and O–H groups in total. The maximum absolute atomic E-state index is 11.9. The molecular formula is C19H19NO3. The number of nitrogens with one attached hydrogen (secondary N) is 1. The second-order valence-corrected chi connectivity index (χ2v) is 5.26. The van der Waals surface area contributed by atoms with Gasteiger partial charge in [0.2, 0.25) is 5.91 Å². The third-order valence-corrected chi connectivity index (χ3v) is 2.96. The molecule has 4 heteroatoms. The van der Waals surface area contributed by atoms with Crippen molar-refractivity contribution < 1.29 is 14.3 Å². The Hall–Kier alpha value is -2.88. The molecule has 0 heterocycles. The molecule has 0 atom stereocenters. The third kappa shape index (κ3) is 5.43. The molecule has 0 unspecified atom stereocenters. The Bertz CT molecular complexity index is 688. The van der Waals surface area contributed by atoms with E-state index in [0.29, 0.717) is 11.3 Å². The molecule has 0 radical (unpaired) electrons. The van der Waals surface area contributed by atoms with Gasteiger partial charge in [0.05, 0.1) is 11.7 Å². The molecule has 4 nitrogen and oxygen atoms in total. The lowest BCUT2D eigenvalue weighted by atomic mass is 10.2. The summed E-state index contributed by atoms with van der Waals surface area (Å²) in [5.74, 6) is -0.604. The highest BCUT2D eigenvalue weighted by Crippen LogP contribution is 2.11. The van der Waals surface area contributed by atoms with Crippen molar-refractivity contribution in [2.45, 2.75) is 20.0 Å². The van der Waals surface area contributed by atoms with E-state index in [2.05, 4.69) is 5.32 Å². The average Bonchev–Trinajstić information content (AvgIpc) is 2.54. The van der Waals surface area contributed by atoms with Crippen molar-refractivity contribution in [1.29, 1.82) is 0 Å². The lowest BCUT2D eigenvalue weighted by Gasteiger charge is -2.08. The number of hydrogen-bond donors (Lipinski definition) is 1. The van der Waals surface area contributed by atoms with E-state index >= 15 is 0 Å². The molecule has 0 saturated heterocycles. The third-order valence-electron chi connectivity index (χ3n) is 2.96. The fraction of sp³-hybridized carbons (Fsp3) is 0.158. The Morgan fingerprint density at radius 1 is 1.00 bits per heavy atom. The zero-order valence-corrected chi connectivity index (χ0v) is 13.2. The number of anilines is 1. The van der Waals surface area contributed by atoms with E-state index in [1.165, 1.54) is 6.08 Å². The summed E-state index contributed by atoms with van der Waals surface area (Å²) < 4.78 is 5.11. The zero-order valence-electron chi connectivity index (χ0n) is 13.2. The summed E-state index contributed by atoms with van der Waals surface area (Å²) in [6, 6.07) is 16.2. The van der Waals surface area contributed by atoms with Crippen LogP contribution in [0.4, 0.5) is 5.69 Å². The van der Waals surface area contributed by atoms with Crippen molar-refractivity contribution in [3.63, 3.8) is 0 Å². The molecule has 23 heavy (non-hydrogen) atoms. The minimum atomic E-state index is -0.373. The zero-order chi connectivity index (χ0) is 16.7. The van der Waals surface area contributed by atoms with Crippen molar-refractivity contribution >= 4 is 23.6 Å². The Kier molecular flexibility index (Phi) is 5.69. The number of hydrogen-bond acceptors (Lipinski definition) is 3. The van der Waals surface area contributed by atoms with E-state index in [4.69, 9.17) is 4.74 Å². The fourth-order valence-corrected chi connectivity index (χ4v) is 1.89. The van der Waals surface area contributed by atoms with Gasteiger partial charge in [-0.2, -0.15) is 0 Å². The standard InChI is InChI=1S/C19H19NO3/c1-14(2)23-19(22)16-9-11-17(12-10-16)20-18(21)13-8-15-6-4-3-5-7-15/h3-14H,1-2H3,(H,20,21). The van der Waals surface area contributed by atoms with E-state index in [-0.39, 0.29) is 18.0 Å². The van der Waals surface area contributed by atoms with Gasteiger partial charge in [-0.25, -0.2) is 4.79 Å². The summed E-state index contributed by atoms with van der Waals surface area (Å²) in [6.45, 7) is 3.59. The van der Waals surface area contributed by atoms with Crippen LogP contribution in [0.15, 0.2) is 60.7 Å². The van der Waals surface area contributed by atoms with Gasteiger partial charge >= 0.3 is 5.97 Å². The van der Waals surface area contributed by atoms with Gasteiger partial charge in [0.15, 0.2) is 0 Å². The molecule has 0 spiro atoms. The summed E-state index contributed by atoms with van der Waals surface area (Å²) in [5.41, 5.74) is 2.03. The van der Waals surface area contributed by atoms with Crippen LogP contribution in [-0.4, -0.2) is 18.0 Å². The lowest BCUT2D eigenvalue weighted by molar-refractivity contribution is -0.111. The number of amides is 1. The second kappa shape index (κ2) is 7.94. The predicted molar refractivity (Wildman–Crippen MR) is 91.1 cm³/mol. The maximum Gasteiger partial charge on any atom is 0.338 e. The first kappa shape index (κ1) is 16.5. The van der Waals surface area contributed by atoms with E-state index in [9.17, 15) is 9.59 Å². The van der Waals surface area contributed by atoms with Gasteiger partial charge in [-0.1, -0.05) is 30.3 Å². The minimum absolute atomic E-state index is 0.162. The molecule has 1 amide bonds. The van der Waals surface area contributed by atoms with Gasteiger partial charge in [-0.3, -0.25) is 4.79 Å².